The van der Waals surface area contributed by atoms with Gasteiger partial charge in [-0.15, -0.1) is 0 Å². The van der Waals surface area contributed by atoms with Crippen LogP contribution in [0.4, 0.5) is 4.79 Å². The summed E-state index contributed by atoms with van der Waals surface area (Å²) >= 11 is 5.52. The van der Waals surface area contributed by atoms with Crippen LogP contribution in [-0.4, -0.2) is 17.7 Å². The highest BCUT2D eigenvalue weighted by Crippen LogP contribution is 2.10. The van der Waals surface area contributed by atoms with Crippen molar-refractivity contribution in [3.8, 4) is 5.88 Å². The van der Waals surface area contributed by atoms with Gasteiger partial charge in [0.05, 0.1) is 17.8 Å². The summed E-state index contributed by atoms with van der Waals surface area (Å²) < 4.78 is 9.18. The van der Waals surface area contributed by atoms with E-state index in [-0.39, 0.29) is 12.5 Å². The Morgan fingerprint density at radius 1 is 1.77 bits per heavy atom. The Balaban J connectivity index is 2.54. The molecule has 1 rings (SSSR count). The van der Waals surface area contributed by atoms with Gasteiger partial charge in [-0.1, -0.05) is 11.6 Å². The predicted molar refractivity (Wildman–Crippen MR) is 45.7 cm³/mol. The number of pyridine rings is 1. The van der Waals surface area contributed by atoms with Crippen molar-refractivity contribution >= 4 is 17.8 Å². The van der Waals surface area contributed by atoms with E-state index >= 15 is 0 Å². The van der Waals surface area contributed by atoms with E-state index in [9.17, 15) is 4.79 Å². The quantitative estimate of drug-likeness (QED) is 0.686. The molecule has 0 atom stereocenters. The zero-order chi connectivity index (χ0) is 9.68. The number of hydrogen-bond donors (Lipinski definition) is 0. The molecule has 0 bridgehead atoms. The summed E-state index contributed by atoms with van der Waals surface area (Å²) in [6.45, 7) is 1.94. The lowest BCUT2D eigenvalue weighted by Gasteiger charge is -2.01. The third kappa shape index (κ3) is 3.29. The van der Waals surface area contributed by atoms with Gasteiger partial charge in [0.15, 0.2) is 0 Å². The lowest BCUT2D eigenvalue weighted by atomic mass is 10.5. The van der Waals surface area contributed by atoms with Gasteiger partial charge in [-0.05, 0) is 6.92 Å². The largest absolute Gasteiger partial charge is 0.515 e. The molecule has 0 N–H and O–H groups in total. The zero-order valence-corrected chi connectivity index (χ0v) is 7.67. The molecule has 1 radical (unpaired) electrons. The van der Waals surface area contributed by atoms with Gasteiger partial charge in [-0.2, -0.15) is 0 Å². The van der Waals surface area contributed by atoms with Crippen molar-refractivity contribution in [2.24, 2.45) is 0 Å². The van der Waals surface area contributed by atoms with Crippen LogP contribution in [0.2, 0.25) is 5.02 Å². The van der Waals surface area contributed by atoms with Crippen LogP contribution in [0.3, 0.4) is 0 Å². The van der Waals surface area contributed by atoms with Crippen LogP contribution >= 0.6 is 11.6 Å². The van der Waals surface area contributed by atoms with Crippen molar-refractivity contribution in [1.29, 1.82) is 0 Å². The third-order valence-electron chi connectivity index (χ3n) is 1.09. The maximum absolute atomic E-state index is 10.8. The third-order valence-corrected chi connectivity index (χ3v) is 1.30. The van der Waals surface area contributed by atoms with E-state index in [2.05, 4.69) is 20.5 Å². The Kier molecular flexibility index (Phi) is 3.52. The maximum atomic E-state index is 10.8. The second-order valence-electron chi connectivity index (χ2n) is 2.02. The van der Waals surface area contributed by atoms with Gasteiger partial charge < -0.3 is 9.47 Å². The van der Waals surface area contributed by atoms with Crippen molar-refractivity contribution in [2.45, 2.75) is 6.92 Å². The molecule has 0 aliphatic rings. The molecule has 0 aliphatic carbocycles. The van der Waals surface area contributed by atoms with E-state index in [1.165, 1.54) is 12.3 Å². The fourth-order valence-corrected chi connectivity index (χ4v) is 0.717. The number of aromatic nitrogens is 1. The molecule has 1 aromatic heterocycles. The molecule has 5 heteroatoms. The van der Waals surface area contributed by atoms with Gasteiger partial charge in [0, 0.05) is 12.1 Å². The lowest BCUT2D eigenvalue weighted by molar-refractivity contribution is 0.102. The Morgan fingerprint density at radius 3 is 3.08 bits per heavy atom. The van der Waals surface area contributed by atoms with Crippen LogP contribution in [0.5, 0.6) is 5.88 Å². The van der Waals surface area contributed by atoms with Gasteiger partial charge in [0.1, 0.15) is 0 Å². The molecule has 0 aromatic carbocycles. The van der Waals surface area contributed by atoms with E-state index in [4.69, 9.17) is 11.6 Å². The van der Waals surface area contributed by atoms with Crippen LogP contribution in [0.1, 0.15) is 6.92 Å². The van der Waals surface area contributed by atoms with Crippen molar-refractivity contribution in [2.75, 3.05) is 6.61 Å². The number of hydrogen-bond acceptors (Lipinski definition) is 4. The van der Waals surface area contributed by atoms with Gasteiger partial charge in [-0.25, -0.2) is 9.78 Å². The lowest BCUT2D eigenvalue weighted by Crippen LogP contribution is -2.10. The van der Waals surface area contributed by atoms with Gasteiger partial charge in [0.2, 0.25) is 5.88 Å². The number of rotatable bonds is 2. The smallest absolute Gasteiger partial charge is 0.434 e. The highest BCUT2D eigenvalue weighted by molar-refractivity contribution is 6.30. The minimum Gasteiger partial charge on any atom is -0.434 e. The average Bonchev–Trinajstić information content (AvgIpc) is 2.09. The van der Waals surface area contributed by atoms with Gasteiger partial charge >= 0.3 is 6.16 Å². The van der Waals surface area contributed by atoms with E-state index in [1.807, 2.05) is 0 Å². The molecular weight excluding hydrogens is 194 g/mol. The van der Waals surface area contributed by atoms with Gasteiger partial charge in [-0.3, -0.25) is 0 Å². The van der Waals surface area contributed by atoms with Crippen LogP contribution in [0, 0.1) is 6.07 Å². The molecule has 4 nitrogen and oxygen atoms in total. The summed E-state index contributed by atoms with van der Waals surface area (Å²) in [5.41, 5.74) is 0. The molecule has 0 aliphatic heterocycles. The van der Waals surface area contributed by atoms with E-state index in [0.717, 1.165) is 0 Å². The minimum atomic E-state index is -0.786. The summed E-state index contributed by atoms with van der Waals surface area (Å²) in [7, 11) is 0. The number of carbonyl (C=O) groups is 1. The van der Waals surface area contributed by atoms with Crippen LogP contribution < -0.4 is 4.74 Å². The number of carbonyl (C=O) groups excluding carboxylic acids is 1. The Bertz CT molecular complexity index is 286. The first kappa shape index (κ1) is 9.80. The summed E-state index contributed by atoms with van der Waals surface area (Å²) in [6.07, 6.45) is 0.543. The van der Waals surface area contributed by atoms with Crippen molar-refractivity contribution < 1.29 is 14.3 Å². The predicted octanol–water partition coefficient (Wildman–Crippen LogP) is 2.07. The van der Waals surface area contributed by atoms with Crippen LogP contribution in [0.25, 0.3) is 0 Å². The molecule has 0 fully saturated rings. The summed E-state index contributed by atoms with van der Waals surface area (Å²) in [4.78, 5) is 14.5. The first-order chi connectivity index (χ1) is 6.22. The van der Waals surface area contributed by atoms with E-state index < -0.39 is 6.16 Å². The second kappa shape index (κ2) is 4.67. The molecule has 0 saturated heterocycles. The Hall–Kier alpha value is -1.29. The van der Waals surface area contributed by atoms with E-state index in [1.54, 1.807) is 6.92 Å². The highest BCUT2D eigenvalue weighted by Gasteiger charge is 2.04. The van der Waals surface area contributed by atoms with Crippen molar-refractivity contribution in [1.82, 2.24) is 4.98 Å². The zero-order valence-electron chi connectivity index (χ0n) is 6.91. The average molecular weight is 201 g/mol. The molecule has 1 aromatic rings. The number of nitrogens with zero attached hydrogens (tertiary/aromatic N) is 1. The van der Waals surface area contributed by atoms with Crippen LogP contribution in [-0.2, 0) is 4.74 Å². The maximum Gasteiger partial charge on any atom is 0.515 e. The van der Waals surface area contributed by atoms with Crippen molar-refractivity contribution in [3.05, 3.63) is 23.4 Å². The molecule has 69 valence electrons. The molecule has 0 amide bonds. The van der Waals surface area contributed by atoms with Crippen molar-refractivity contribution in [3.63, 3.8) is 0 Å². The molecule has 0 saturated carbocycles. The van der Waals surface area contributed by atoms with Crippen LogP contribution in [0.15, 0.2) is 12.3 Å². The standard InChI is InChI=1S/C8H7ClNO3/c1-2-12-8(11)13-7-4-3-6(9)5-10-7/h4-5H,2H2,1H3. The summed E-state index contributed by atoms with van der Waals surface area (Å²) in [6, 6.07) is 3.98. The SMILES string of the molecule is CCOC(=O)Oc1c[c]c(Cl)cn1. The highest BCUT2D eigenvalue weighted by atomic mass is 35.5. The first-order valence-electron chi connectivity index (χ1n) is 3.60. The fraction of sp³-hybridized carbons (Fsp3) is 0.250. The monoisotopic (exact) mass is 200 g/mol. The molecule has 0 unspecified atom stereocenters. The van der Waals surface area contributed by atoms with Gasteiger partial charge in [0.25, 0.3) is 0 Å². The summed E-state index contributed by atoms with van der Waals surface area (Å²) in [5.74, 6) is 0.114. The molecular formula is C8H7ClNO3. The summed E-state index contributed by atoms with van der Waals surface area (Å²) in [5, 5.41) is 0.358. The molecule has 1 heterocycles. The Morgan fingerprint density at radius 2 is 2.54 bits per heavy atom. The Labute approximate surface area is 80.4 Å². The minimum absolute atomic E-state index is 0.114. The topological polar surface area (TPSA) is 48.4 Å². The molecule has 13 heavy (non-hydrogen) atoms. The fourth-order valence-electron chi connectivity index (χ4n) is 0.614. The number of ether oxygens (including phenoxy) is 2. The number of halogens is 1. The second-order valence-corrected chi connectivity index (χ2v) is 2.43. The molecule has 0 spiro atoms. The normalized spacial score (nSPS) is 9.38. The first-order valence-corrected chi connectivity index (χ1v) is 3.98. The van der Waals surface area contributed by atoms with E-state index in [0.29, 0.717) is 5.02 Å².